The van der Waals surface area contributed by atoms with Crippen LogP contribution < -0.4 is 5.32 Å². The first-order chi connectivity index (χ1) is 6.74. The molecular weight excluding hydrogens is 178 g/mol. The summed E-state index contributed by atoms with van der Waals surface area (Å²) in [6, 6.07) is 1.89. The highest BCUT2D eigenvalue weighted by Gasteiger charge is 2.03. The Morgan fingerprint density at radius 2 is 2.43 bits per heavy atom. The van der Waals surface area contributed by atoms with Gasteiger partial charge < -0.3 is 5.32 Å². The Labute approximate surface area is 84.3 Å². The lowest BCUT2D eigenvalue weighted by molar-refractivity contribution is -0.121. The second-order valence-electron chi connectivity index (χ2n) is 3.33. The van der Waals surface area contributed by atoms with E-state index in [0.717, 1.165) is 25.1 Å². The van der Waals surface area contributed by atoms with E-state index in [4.69, 9.17) is 0 Å². The van der Waals surface area contributed by atoms with Gasteiger partial charge in [0.15, 0.2) is 0 Å². The van der Waals surface area contributed by atoms with Gasteiger partial charge in [0, 0.05) is 18.4 Å². The lowest BCUT2D eigenvalue weighted by atomic mass is 10.3. The molecule has 1 N–H and O–H groups in total. The van der Waals surface area contributed by atoms with E-state index in [9.17, 15) is 4.79 Å². The number of nitrogens with one attached hydrogen (secondary N) is 1. The smallest absolute Gasteiger partial charge is 0.241 e. The molecular formula is C10H17N3O. The summed E-state index contributed by atoms with van der Waals surface area (Å²) in [5, 5.41) is 6.89. The molecule has 0 fully saturated rings. The van der Waals surface area contributed by atoms with E-state index in [0.29, 0.717) is 6.54 Å². The minimum atomic E-state index is 0.0326. The van der Waals surface area contributed by atoms with E-state index >= 15 is 0 Å². The Morgan fingerprint density at radius 1 is 1.64 bits per heavy atom. The first-order valence-corrected chi connectivity index (χ1v) is 4.99. The first kappa shape index (κ1) is 10.8. The second kappa shape index (κ2) is 5.42. The molecule has 0 radical (unpaired) electrons. The topological polar surface area (TPSA) is 46.9 Å². The maximum absolute atomic E-state index is 11.4. The van der Waals surface area contributed by atoms with E-state index in [1.54, 1.807) is 10.9 Å². The summed E-state index contributed by atoms with van der Waals surface area (Å²) in [5.41, 5.74) is 1.01. The quantitative estimate of drug-likeness (QED) is 0.715. The Balaban J connectivity index is 2.31. The van der Waals surface area contributed by atoms with Crippen LogP contribution >= 0.6 is 0 Å². The largest absolute Gasteiger partial charge is 0.354 e. The zero-order valence-electron chi connectivity index (χ0n) is 8.79. The van der Waals surface area contributed by atoms with E-state index < -0.39 is 0 Å². The third-order valence-corrected chi connectivity index (χ3v) is 2.07. The van der Waals surface area contributed by atoms with Crippen LogP contribution in [0.4, 0.5) is 0 Å². The normalized spacial score (nSPS) is 10.1. The molecule has 0 saturated carbocycles. The lowest BCUT2D eigenvalue weighted by Crippen LogP contribution is -2.29. The monoisotopic (exact) mass is 195 g/mol. The second-order valence-corrected chi connectivity index (χ2v) is 3.33. The van der Waals surface area contributed by atoms with Gasteiger partial charge in [-0.2, -0.15) is 5.10 Å². The van der Waals surface area contributed by atoms with Crippen molar-refractivity contribution in [2.45, 2.75) is 33.2 Å². The molecule has 1 aromatic rings. The molecule has 1 aromatic heterocycles. The van der Waals surface area contributed by atoms with Crippen molar-refractivity contribution in [3.63, 3.8) is 0 Å². The fourth-order valence-corrected chi connectivity index (χ4v) is 1.16. The van der Waals surface area contributed by atoms with Crippen molar-refractivity contribution in [1.29, 1.82) is 0 Å². The highest BCUT2D eigenvalue weighted by molar-refractivity contribution is 5.75. The summed E-state index contributed by atoms with van der Waals surface area (Å²) in [6.45, 7) is 5.12. The Hall–Kier alpha value is -1.32. The number of amides is 1. The van der Waals surface area contributed by atoms with Gasteiger partial charge in [-0.3, -0.25) is 9.48 Å². The number of carbonyl (C=O) groups is 1. The van der Waals surface area contributed by atoms with Gasteiger partial charge in [0.1, 0.15) is 6.54 Å². The number of hydrogen-bond donors (Lipinski definition) is 1. The van der Waals surface area contributed by atoms with Crippen LogP contribution in [0.15, 0.2) is 12.3 Å². The van der Waals surface area contributed by atoms with Crippen molar-refractivity contribution in [2.24, 2.45) is 0 Å². The van der Waals surface area contributed by atoms with Crippen LogP contribution in [0.1, 0.15) is 25.5 Å². The van der Waals surface area contributed by atoms with Crippen molar-refractivity contribution in [3.8, 4) is 0 Å². The third kappa shape index (κ3) is 3.20. The SMILES string of the molecule is CCCCNC(=O)Cn1nccc1C. The maximum Gasteiger partial charge on any atom is 0.241 e. The summed E-state index contributed by atoms with van der Waals surface area (Å²) in [6.07, 6.45) is 3.83. The van der Waals surface area contributed by atoms with Crippen molar-refractivity contribution in [1.82, 2.24) is 15.1 Å². The zero-order chi connectivity index (χ0) is 10.4. The summed E-state index contributed by atoms with van der Waals surface area (Å²) in [7, 11) is 0. The van der Waals surface area contributed by atoms with Gasteiger partial charge in [0.05, 0.1) is 0 Å². The Morgan fingerprint density at radius 3 is 3.00 bits per heavy atom. The number of rotatable bonds is 5. The van der Waals surface area contributed by atoms with Crippen LogP contribution in [0.2, 0.25) is 0 Å². The van der Waals surface area contributed by atoms with Crippen molar-refractivity contribution in [3.05, 3.63) is 18.0 Å². The third-order valence-electron chi connectivity index (χ3n) is 2.07. The molecule has 0 atom stereocenters. The van der Waals surface area contributed by atoms with Crippen LogP contribution in [0.25, 0.3) is 0 Å². The highest BCUT2D eigenvalue weighted by Crippen LogP contribution is 1.94. The van der Waals surface area contributed by atoms with Gasteiger partial charge in [0.25, 0.3) is 0 Å². The summed E-state index contributed by atoms with van der Waals surface area (Å²) >= 11 is 0. The van der Waals surface area contributed by atoms with E-state index in [2.05, 4.69) is 17.3 Å². The molecule has 4 heteroatoms. The molecule has 0 aliphatic rings. The van der Waals surface area contributed by atoms with Gasteiger partial charge in [-0.15, -0.1) is 0 Å². The number of carbonyl (C=O) groups excluding carboxylic acids is 1. The zero-order valence-corrected chi connectivity index (χ0v) is 8.79. The molecule has 1 amide bonds. The van der Waals surface area contributed by atoms with Crippen molar-refractivity contribution >= 4 is 5.91 Å². The van der Waals surface area contributed by atoms with Crippen LogP contribution in [-0.4, -0.2) is 22.2 Å². The molecule has 0 aromatic carbocycles. The summed E-state index contributed by atoms with van der Waals surface area (Å²) in [4.78, 5) is 11.4. The Bertz CT molecular complexity index is 293. The first-order valence-electron chi connectivity index (χ1n) is 4.99. The molecule has 78 valence electrons. The van der Waals surface area contributed by atoms with Gasteiger partial charge in [-0.1, -0.05) is 13.3 Å². The average molecular weight is 195 g/mol. The number of hydrogen-bond acceptors (Lipinski definition) is 2. The molecule has 14 heavy (non-hydrogen) atoms. The molecule has 4 nitrogen and oxygen atoms in total. The van der Waals surface area contributed by atoms with Gasteiger partial charge in [0.2, 0.25) is 5.91 Å². The number of aromatic nitrogens is 2. The van der Waals surface area contributed by atoms with E-state index in [1.165, 1.54) is 0 Å². The van der Waals surface area contributed by atoms with Crippen LogP contribution in [0.5, 0.6) is 0 Å². The van der Waals surface area contributed by atoms with E-state index in [-0.39, 0.29) is 5.91 Å². The summed E-state index contributed by atoms with van der Waals surface area (Å²) < 4.78 is 1.70. The van der Waals surface area contributed by atoms with E-state index in [1.807, 2.05) is 13.0 Å². The number of aryl methyl sites for hydroxylation is 1. The van der Waals surface area contributed by atoms with Crippen molar-refractivity contribution in [2.75, 3.05) is 6.54 Å². The van der Waals surface area contributed by atoms with Crippen LogP contribution in [0, 0.1) is 6.92 Å². The average Bonchev–Trinajstić information content (AvgIpc) is 2.52. The fourth-order valence-electron chi connectivity index (χ4n) is 1.16. The van der Waals surface area contributed by atoms with Crippen molar-refractivity contribution < 1.29 is 4.79 Å². The van der Waals surface area contributed by atoms with Gasteiger partial charge >= 0.3 is 0 Å². The molecule has 1 heterocycles. The number of nitrogens with zero attached hydrogens (tertiary/aromatic N) is 2. The molecule has 0 aliphatic heterocycles. The molecule has 0 spiro atoms. The maximum atomic E-state index is 11.4. The molecule has 0 aliphatic carbocycles. The van der Waals surface area contributed by atoms with Crippen LogP contribution in [-0.2, 0) is 11.3 Å². The fraction of sp³-hybridized carbons (Fsp3) is 0.600. The highest BCUT2D eigenvalue weighted by atomic mass is 16.2. The molecule has 0 saturated heterocycles. The number of unbranched alkanes of at least 4 members (excludes halogenated alkanes) is 1. The lowest BCUT2D eigenvalue weighted by Gasteiger charge is -2.05. The van der Waals surface area contributed by atoms with Gasteiger partial charge in [-0.25, -0.2) is 0 Å². The van der Waals surface area contributed by atoms with Gasteiger partial charge in [-0.05, 0) is 19.4 Å². The molecule has 1 rings (SSSR count). The standard InChI is InChI=1S/C10H17N3O/c1-3-4-6-11-10(14)8-13-9(2)5-7-12-13/h5,7H,3-4,6,8H2,1-2H3,(H,11,14). The predicted octanol–water partition coefficient (Wildman–Crippen LogP) is 1.11. The Kier molecular flexibility index (Phi) is 4.16. The van der Waals surface area contributed by atoms with Crippen LogP contribution in [0.3, 0.4) is 0 Å². The summed E-state index contributed by atoms with van der Waals surface area (Å²) in [5.74, 6) is 0.0326. The molecule has 0 unspecified atom stereocenters. The predicted molar refractivity (Wildman–Crippen MR) is 54.9 cm³/mol. The minimum absolute atomic E-state index is 0.0326. The minimum Gasteiger partial charge on any atom is -0.354 e. The molecule has 0 bridgehead atoms.